The minimum Gasteiger partial charge on any atom is -0.374 e. The number of ether oxygens (including phenoxy) is 2. The first kappa shape index (κ1) is 15.7. The van der Waals surface area contributed by atoms with Gasteiger partial charge in [0.1, 0.15) is 6.10 Å². The van der Waals surface area contributed by atoms with Crippen LogP contribution in [0.15, 0.2) is 36.9 Å². The molecule has 0 aliphatic carbocycles. The second-order valence-corrected chi connectivity index (χ2v) is 6.71. The van der Waals surface area contributed by atoms with Crippen molar-refractivity contribution in [2.24, 2.45) is 7.05 Å². The normalized spacial score (nSPS) is 27.3. The topological polar surface area (TPSA) is 52.4 Å². The van der Waals surface area contributed by atoms with Gasteiger partial charge in [0.2, 0.25) is 0 Å². The Hall–Kier alpha value is -1.76. The van der Waals surface area contributed by atoms with E-state index in [0.717, 1.165) is 31.7 Å². The fraction of sp³-hybridized carbons (Fsp3) is 0.556. The number of aromatic nitrogens is 3. The van der Waals surface area contributed by atoms with Crippen LogP contribution in [0.2, 0.25) is 0 Å². The summed E-state index contributed by atoms with van der Waals surface area (Å²) < 4.78 is 14.1. The molecule has 6 nitrogen and oxygen atoms in total. The van der Waals surface area contributed by atoms with Gasteiger partial charge in [-0.1, -0.05) is 6.07 Å². The Morgan fingerprint density at radius 3 is 3.08 bits per heavy atom. The molecular weight excluding hydrogens is 304 g/mol. The number of pyridine rings is 1. The molecule has 4 rings (SSSR count). The first-order valence-corrected chi connectivity index (χ1v) is 8.63. The number of likely N-dealkylation sites (tertiary alicyclic amines) is 1. The van der Waals surface area contributed by atoms with Gasteiger partial charge in [0.25, 0.3) is 0 Å². The van der Waals surface area contributed by atoms with E-state index in [-0.39, 0.29) is 12.2 Å². The number of fused-ring (bicyclic) bond motifs is 1. The second kappa shape index (κ2) is 7.01. The lowest BCUT2D eigenvalue weighted by molar-refractivity contribution is -0.0819. The molecule has 3 atom stereocenters. The summed E-state index contributed by atoms with van der Waals surface area (Å²) in [6, 6.07) is 4.44. The van der Waals surface area contributed by atoms with Crippen molar-refractivity contribution in [3.05, 3.63) is 48.0 Å². The summed E-state index contributed by atoms with van der Waals surface area (Å²) in [6.07, 6.45) is 10.3. The highest BCUT2D eigenvalue weighted by Gasteiger charge is 2.44. The van der Waals surface area contributed by atoms with Crippen molar-refractivity contribution >= 4 is 0 Å². The first-order valence-electron chi connectivity index (χ1n) is 8.63. The highest BCUT2D eigenvalue weighted by atomic mass is 16.5. The molecule has 2 aromatic heterocycles. The van der Waals surface area contributed by atoms with Crippen LogP contribution >= 0.6 is 0 Å². The monoisotopic (exact) mass is 328 g/mol. The molecule has 0 bridgehead atoms. The average Bonchev–Trinajstić information content (AvgIpc) is 3.18. The van der Waals surface area contributed by atoms with E-state index in [4.69, 9.17) is 9.47 Å². The Balaban J connectivity index is 1.42. The lowest BCUT2D eigenvalue weighted by Gasteiger charge is -2.32. The van der Waals surface area contributed by atoms with Gasteiger partial charge in [0, 0.05) is 56.9 Å². The van der Waals surface area contributed by atoms with Crippen molar-refractivity contribution in [2.45, 2.75) is 44.2 Å². The minimum absolute atomic E-state index is 0.118. The maximum Gasteiger partial charge on any atom is 0.100 e. The highest BCUT2D eigenvalue weighted by Crippen LogP contribution is 2.32. The van der Waals surface area contributed by atoms with Gasteiger partial charge in [-0.2, -0.15) is 5.10 Å². The molecule has 0 unspecified atom stereocenters. The lowest BCUT2D eigenvalue weighted by Crippen LogP contribution is -2.41. The molecule has 0 spiro atoms. The fourth-order valence-electron chi connectivity index (χ4n) is 3.81. The van der Waals surface area contributed by atoms with E-state index in [2.05, 4.69) is 27.2 Å². The van der Waals surface area contributed by atoms with E-state index in [1.807, 2.05) is 30.2 Å². The lowest BCUT2D eigenvalue weighted by atomic mass is 10.0. The quantitative estimate of drug-likeness (QED) is 0.837. The van der Waals surface area contributed by atoms with Crippen LogP contribution in [-0.2, 0) is 29.7 Å². The molecule has 2 aliphatic heterocycles. The summed E-state index contributed by atoms with van der Waals surface area (Å²) in [5.74, 6) is 0. The van der Waals surface area contributed by atoms with Crippen molar-refractivity contribution in [3.8, 4) is 0 Å². The maximum absolute atomic E-state index is 6.20. The third kappa shape index (κ3) is 3.36. The first-order chi connectivity index (χ1) is 11.8. The Morgan fingerprint density at radius 1 is 1.33 bits per heavy atom. The van der Waals surface area contributed by atoms with Crippen molar-refractivity contribution < 1.29 is 9.47 Å². The number of rotatable bonds is 5. The van der Waals surface area contributed by atoms with E-state index in [9.17, 15) is 0 Å². The Labute approximate surface area is 142 Å². The fourth-order valence-corrected chi connectivity index (χ4v) is 3.81. The van der Waals surface area contributed by atoms with Gasteiger partial charge in [-0.25, -0.2) is 0 Å². The van der Waals surface area contributed by atoms with Crippen LogP contribution in [0.3, 0.4) is 0 Å². The summed E-state index contributed by atoms with van der Waals surface area (Å²) >= 11 is 0. The van der Waals surface area contributed by atoms with Gasteiger partial charge >= 0.3 is 0 Å². The van der Waals surface area contributed by atoms with Crippen LogP contribution in [0.1, 0.15) is 24.0 Å². The van der Waals surface area contributed by atoms with Gasteiger partial charge in [-0.05, 0) is 24.5 Å². The molecule has 2 saturated heterocycles. The predicted molar refractivity (Wildman–Crippen MR) is 89.2 cm³/mol. The van der Waals surface area contributed by atoms with Gasteiger partial charge in [0.15, 0.2) is 0 Å². The van der Waals surface area contributed by atoms with Crippen LogP contribution in [0, 0.1) is 0 Å². The summed E-state index contributed by atoms with van der Waals surface area (Å²) in [4.78, 5) is 6.65. The third-order valence-corrected chi connectivity index (χ3v) is 4.91. The molecule has 0 aromatic carbocycles. The highest BCUT2D eigenvalue weighted by molar-refractivity contribution is 5.09. The van der Waals surface area contributed by atoms with E-state index in [0.29, 0.717) is 12.6 Å². The van der Waals surface area contributed by atoms with Gasteiger partial charge < -0.3 is 9.47 Å². The molecular formula is C18H24N4O2. The molecule has 4 heterocycles. The maximum atomic E-state index is 6.20. The van der Waals surface area contributed by atoms with Crippen LogP contribution in [0.5, 0.6) is 0 Å². The third-order valence-electron chi connectivity index (χ3n) is 4.91. The van der Waals surface area contributed by atoms with Gasteiger partial charge in [-0.15, -0.1) is 0 Å². The van der Waals surface area contributed by atoms with E-state index in [1.165, 1.54) is 12.0 Å². The number of hydrogen-bond acceptors (Lipinski definition) is 5. The summed E-state index contributed by atoms with van der Waals surface area (Å²) in [5.41, 5.74) is 2.35. The van der Waals surface area contributed by atoms with Crippen LogP contribution < -0.4 is 0 Å². The summed E-state index contributed by atoms with van der Waals surface area (Å²) in [5, 5.41) is 4.28. The van der Waals surface area contributed by atoms with E-state index >= 15 is 0 Å². The molecule has 0 radical (unpaired) electrons. The van der Waals surface area contributed by atoms with Crippen molar-refractivity contribution in [1.29, 1.82) is 0 Å². The van der Waals surface area contributed by atoms with Crippen LogP contribution in [-0.4, -0.2) is 51.1 Å². The summed E-state index contributed by atoms with van der Waals surface area (Å²) in [6.45, 7) is 3.25. The van der Waals surface area contributed by atoms with Gasteiger partial charge in [0.05, 0.1) is 18.9 Å². The van der Waals surface area contributed by atoms with Crippen molar-refractivity contribution in [2.75, 3.05) is 13.2 Å². The molecule has 6 heteroatoms. The van der Waals surface area contributed by atoms with Crippen molar-refractivity contribution in [1.82, 2.24) is 19.7 Å². The van der Waals surface area contributed by atoms with Crippen LogP contribution in [0.25, 0.3) is 0 Å². The Kier molecular flexibility index (Phi) is 4.60. The largest absolute Gasteiger partial charge is 0.374 e. The Bertz CT molecular complexity index is 660. The molecule has 0 amide bonds. The molecule has 0 N–H and O–H groups in total. The zero-order chi connectivity index (χ0) is 16.4. The smallest absolute Gasteiger partial charge is 0.100 e. The van der Waals surface area contributed by atoms with Crippen LogP contribution in [0.4, 0.5) is 0 Å². The number of aryl methyl sites for hydroxylation is 1. The molecule has 2 aromatic rings. The van der Waals surface area contributed by atoms with E-state index in [1.54, 1.807) is 6.20 Å². The molecule has 2 aliphatic rings. The zero-order valence-electron chi connectivity index (χ0n) is 14.0. The number of nitrogens with zero attached hydrogens (tertiary/aromatic N) is 4. The average molecular weight is 328 g/mol. The molecule has 2 fully saturated rings. The molecule has 24 heavy (non-hydrogen) atoms. The summed E-state index contributed by atoms with van der Waals surface area (Å²) in [7, 11) is 1.96. The number of hydrogen-bond donors (Lipinski definition) is 0. The molecule has 128 valence electrons. The SMILES string of the molecule is Cn1cc(CN2C[C@@H](OCc3cccnc3)[C@H]3OCCC[C@@H]32)cn1. The minimum atomic E-state index is 0.118. The zero-order valence-corrected chi connectivity index (χ0v) is 14.0. The Morgan fingerprint density at radius 2 is 2.29 bits per heavy atom. The van der Waals surface area contributed by atoms with Crippen molar-refractivity contribution in [3.63, 3.8) is 0 Å². The molecule has 0 saturated carbocycles. The predicted octanol–water partition coefficient (Wildman–Crippen LogP) is 1.76. The second-order valence-electron chi connectivity index (χ2n) is 6.71. The van der Waals surface area contributed by atoms with E-state index < -0.39 is 0 Å². The standard InChI is InChI=1S/C18H24N4O2/c1-21-10-15(9-20-21)11-22-12-17(18-16(22)5-3-7-23-18)24-13-14-4-2-6-19-8-14/h2,4,6,8-10,16-18H,3,5,7,11-13H2,1H3/t16-,17+,18-/m0/s1. The van der Waals surface area contributed by atoms with Gasteiger partial charge in [-0.3, -0.25) is 14.6 Å².